The van der Waals surface area contributed by atoms with Crippen LogP contribution in [0.15, 0.2) is 41.7 Å². The number of rotatable bonds is 5. The number of hydrogen-bond acceptors (Lipinski definition) is 6. The third kappa shape index (κ3) is 3.93. The van der Waals surface area contributed by atoms with Crippen molar-refractivity contribution in [1.82, 2.24) is 15.3 Å². The summed E-state index contributed by atoms with van der Waals surface area (Å²) in [6.07, 6.45) is 2.43. The van der Waals surface area contributed by atoms with Crippen molar-refractivity contribution in [3.8, 4) is 0 Å². The minimum Gasteiger partial charge on any atom is -0.362 e. The van der Waals surface area contributed by atoms with E-state index >= 15 is 0 Å². The van der Waals surface area contributed by atoms with Crippen molar-refractivity contribution in [2.75, 3.05) is 19.0 Å². The Morgan fingerprint density at radius 3 is 2.38 bits per heavy atom. The fraction of sp³-hybridized carbons (Fsp3) is 0.267. The summed E-state index contributed by atoms with van der Waals surface area (Å²) < 4.78 is 61.6. The van der Waals surface area contributed by atoms with Crippen molar-refractivity contribution in [2.24, 2.45) is 0 Å². The highest BCUT2D eigenvalue weighted by Gasteiger charge is 2.49. The Balaban J connectivity index is 2.30. The predicted octanol–water partition coefficient (Wildman–Crippen LogP) is 1.77. The van der Waals surface area contributed by atoms with Gasteiger partial charge in [-0.15, -0.1) is 0 Å². The summed E-state index contributed by atoms with van der Waals surface area (Å²) in [5.41, 5.74) is -5.63. The summed E-state index contributed by atoms with van der Waals surface area (Å²) in [7, 11) is -2.27. The standard InChI is InChI=1S/C15H15F3N4O3S/c1-22(2)12-10(5-3-7-19-12)9-21-13(23)11-6-4-8-20-14(11)26(24,25)15(16,17)18/h3-8H,9H2,1-2H3,(H,21,23). The number of anilines is 1. The smallest absolute Gasteiger partial charge is 0.362 e. The number of carbonyl (C=O) groups is 1. The molecule has 0 radical (unpaired) electrons. The Bertz CT molecular complexity index is 914. The van der Waals surface area contributed by atoms with E-state index < -0.39 is 31.8 Å². The van der Waals surface area contributed by atoms with Crippen molar-refractivity contribution in [3.05, 3.63) is 47.8 Å². The van der Waals surface area contributed by atoms with Gasteiger partial charge in [0.1, 0.15) is 5.82 Å². The van der Waals surface area contributed by atoms with Gasteiger partial charge in [0, 0.05) is 38.6 Å². The highest BCUT2D eigenvalue weighted by atomic mass is 32.2. The lowest BCUT2D eigenvalue weighted by molar-refractivity contribution is -0.0438. The molecule has 2 aromatic rings. The molecule has 0 saturated heterocycles. The largest absolute Gasteiger partial charge is 0.503 e. The van der Waals surface area contributed by atoms with Crippen LogP contribution < -0.4 is 10.2 Å². The summed E-state index contributed by atoms with van der Waals surface area (Å²) >= 11 is 0. The number of alkyl halides is 3. The first-order valence-corrected chi connectivity index (χ1v) is 8.70. The minimum atomic E-state index is -5.75. The van der Waals surface area contributed by atoms with E-state index in [9.17, 15) is 26.4 Å². The van der Waals surface area contributed by atoms with Crippen molar-refractivity contribution in [2.45, 2.75) is 17.1 Å². The third-order valence-corrected chi connectivity index (χ3v) is 4.75. The van der Waals surface area contributed by atoms with Gasteiger partial charge >= 0.3 is 5.51 Å². The molecule has 0 aliphatic rings. The quantitative estimate of drug-likeness (QED) is 0.839. The zero-order chi connectivity index (χ0) is 19.5. The summed E-state index contributed by atoms with van der Waals surface area (Å²) in [5, 5.41) is 1.07. The summed E-state index contributed by atoms with van der Waals surface area (Å²) in [6, 6.07) is 5.47. The zero-order valence-electron chi connectivity index (χ0n) is 13.8. The van der Waals surface area contributed by atoms with Gasteiger partial charge in [-0.2, -0.15) is 13.2 Å². The number of hydrogen-bond donors (Lipinski definition) is 1. The zero-order valence-corrected chi connectivity index (χ0v) is 14.6. The van der Waals surface area contributed by atoms with Gasteiger partial charge in [0.25, 0.3) is 15.7 Å². The lowest BCUT2D eigenvalue weighted by atomic mass is 10.2. The normalized spacial score (nSPS) is 11.9. The molecule has 0 aliphatic heterocycles. The van der Waals surface area contributed by atoms with Crippen molar-refractivity contribution < 1.29 is 26.4 Å². The Kier molecular flexibility index (Phi) is 5.50. The van der Waals surface area contributed by atoms with Gasteiger partial charge in [0.05, 0.1) is 5.56 Å². The van der Waals surface area contributed by atoms with Gasteiger partial charge in [0.2, 0.25) is 0 Å². The molecular weight excluding hydrogens is 373 g/mol. The predicted molar refractivity (Wildman–Crippen MR) is 87.2 cm³/mol. The summed E-state index contributed by atoms with van der Waals surface area (Å²) in [5.74, 6) is -0.434. The minimum absolute atomic E-state index is 0.0550. The monoisotopic (exact) mass is 388 g/mol. The lowest BCUT2D eigenvalue weighted by Gasteiger charge is -2.16. The molecule has 0 aromatic carbocycles. The fourth-order valence-corrected chi connectivity index (χ4v) is 3.00. The van der Waals surface area contributed by atoms with Gasteiger partial charge in [0.15, 0.2) is 5.03 Å². The first-order chi connectivity index (χ1) is 12.1. The van der Waals surface area contributed by atoms with E-state index in [4.69, 9.17) is 0 Å². The highest BCUT2D eigenvalue weighted by Crippen LogP contribution is 2.30. The molecule has 0 atom stereocenters. The molecular formula is C15H15F3N4O3S. The van der Waals surface area contributed by atoms with Crippen LogP contribution in [0.5, 0.6) is 0 Å². The number of aromatic nitrogens is 2. The Morgan fingerprint density at radius 1 is 1.15 bits per heavy atom. The number of halogens is 3. The van der Waals surface area contributed by atoms with Crippen LogP contribution in [-0.2, 0) is 16.4 Å². The van der Waals surface area contributed by atoms with Crippen LogP contribution in [0.4, 0.5) is 19.0 Å². The number of sulfone groups is 1. The Labute approximate surface area is 147 Å². The lowest BCUT2D eigenvalue weighted by Crippen LogP contribution is -2.30. The second-order valence-corrected chi connectivity index (χ2v) is 7.23. The molecule has 0 fully saturated rings. The van der Waals surface area contributed by atoms with E-state index in [1.54, 1.807) is 37.3 Å². The number of nitrogens with one attached hydrogen (secondary N) is 1. The van der Waals surface area contributed by atoms with Crippen LogP contribution in [-0.4, -0.2) is 43.9 Å². The first kappa shape index (κ1) is 19.6. The van der Waals surface area contributed by atoms with Gasteiger partial charge in [-0.1, -0.05) is 6.07 Å². The maximum atomic E-state index is 12.8. The summed E-state index contributed by atoms with van der Waals surface area (Å²) in [4.78, 5) is 21.4. The molecule has 0 saturated carbocycles. The molecule has 1 N–H and O–H groups in total. The Morgan fingerprint density at radius 2 is 1.77 bits per heavy atom. The van der Waals surface area contributed by atoms with Gasteiger partial charge in [-0.25, -0.2) is 18.4 Å². The van der Waals surface area contributed by atoms with E-state index in [1.165, 1.54) is 6.07 Å². The average Bonchev–Trinajstić information content (AvgIpc) is 2.58. The van der Waals surface area contributed by atoms with Gasteiger partial charge < -0.3 is 10.2 Å². The van der Waals surface area contributed by atoms with Crippen LogP contribution in [0.3, 0.4) is 0 Å². The summed E-state index contributed by atoms with van der Waals surface area (Å²) in [6.45, 7) is -0.0550. The van der Waals surface area contributed by atoms with Crippen LogP contribution in [0.1, 0.15) is 15.9 Å². The number of amides is 1. The van der Waals surface area contributed by atoms with E-state index in [1.807, 2.05) is 0 Å². The molecule has 0 spiro atoms. The maximum absolute atomic E-state index is 12.8. The van der Waals surface area contributed by atoms with Crippen molar-refractivity contribution in [1.29, 1.82) is 0 Å². The fourth-order valence-electron chi connectivity index (χ4n) is 2.13. The number of carbonyl (C=O) groups excluding carboxylic acids is 1. The second kappa shape index (κ2) is 7.28. The molecule has 140 valence electrons. The average molecular weight is 388 g/mol. The number of nitrogens with zero attached hydrogens (tertiary/aromatic N) is 3. The molecule has 0 bridgehead atoms. The van der Waals surface area contributed by atoms with Crippen molar-refractivity contribution >= 4 is 21.6 Å². The number of pyridine rings is 2. The van der Waals surface area contributed by atoms with E-state index in [0.717, 1.165) is 12.3 Å². The molecule has 2 aromatic heterocycles. The molecule has 0 unspecified atom stereocenters. The van der Waals surface area contributed by atoms with E-state index in [-0.39, 0.29) is 6.54 Å². The molecule has 0 aliphatic carbocycles. The van der Waals surface area contributed by atoms with E-state index in [2.05, 4.69) is 15.3 Å². The molecule has 1 amide bonds. The molecule has 2 heterocycles. The first-order valence-electron chi connectivity index (χ1n) is 7.21. The SMILES string of the molecule is CN(C)c1ncccc1CNC(=O)c1cccnc1S(=O)(=O)C(F)(F)F. The highest BCUT2D eigenvalue weighted by molar-refractivity contribution is 7.92. The Hall–Kier alpha value is -2.69. The van der Waals surface area contributed by atoms with Crippen LogP contribution in [0, 0.1) is 0 Å². The third-order valence-electron chi connectivity index (χ3n) is 3.31. The molecule has 26 heavy (non-hydrogen) atoms. The second-order valence-electron chi connectivity index (χ2n) is 5.37. The van der Waals surface area contributed by atoms with Crippen LogP contribution in [0.2, 0.25) is 0 Å². The van der Waals surface area contributed by atoms with Crippen LogP contribution >= 0.6 is 0 Å². The molecule has 2 rings (SSSR count). The van der Waals surface area contributed by atoms with Gasteiger partial charge in [-0.05, 0) is 18.2 Å². The topological polar surface area (TPSA) is 92.3 Å². The van der Waals surface area contributed by atoms with Crippen LogP contribution in [0.25, 0.3) is 0 Å². The van der Waals surface area contributed by atoms with Gasteiger partial charge in [-0.3, -0.25) is 4.79 Å². The maximum Gasteiger partial charge on any atom is 0.503 e. The van der Waals surface area contributed by atoms with Crippen molar-refractivity contribution in [3.63, 3.8) is 0 Å². The molecule has 7 nitrogen and oxygen atoms in total. The van der Waals surface area contributed by atoms with E-state index in [0.29, 0.717) is 11.4 Å². The molecule has 11 heteroatoms.